The van der Waals surface area contributed by atoms with Crippen LogP contribution in [0.1, 0.15) is 37.7 Å². The minimum Gasteiger partial charge on any atom is -0.453 e. The van der Waals surface area contributed by atoms with Crippen LogP contribution in [-0.2, 0) is 4.74 Å². The number of hydrogen-bond donors (Lipinski definition) is 0. The van der Waals surface area contributed by atoms with E-state index in [-0.39, 0.29) is 6.09 Å². The zero-order valence-electron chi connectivity index (χ0n) is 14.8. The molecule has 0 unspecified atom stereocenters. The van der Waals surface area contributed by atoms with Gasteiger partial charge in [0.2, 0.25) is 0 Å². The van der Waals surface area contributed by atoms with E-state index in [4.69, 9.17) is 4.74 Å². The average molecular weight is 349 g/mol. The number of nitrogens with zero attached hydrogens (tertiary/aromatic N) is 2. The number of hydrogen-bond acceptors (Lipinski definition) is 4. The monoisotopic (exact) mass is 348 g/mol. The molecule has 24 heavy (non-hydrogen) atoms. The fourth-order valence-electron chi connectivity index (χ4n) is 3.69. The predicted molar refractivity (Wildman–Crippen MR) is 100 cm³/mol. The van der Waals surface area contributed by atoms with E-state index in [9.17, 15) is 4.79 Å². The average Bonchev–Trinajstić information content (AvgIpc) is 2.64. The number of piperazine rings is 1. The standard InChI is InChI=1S/C19H28N2O2S/c1-15-17(20-11-13-21(14-12-20)19(22)23-2)9-6-10-18(15)24-16-7-4-3-5-8-16/h6,9-10,16H,3-5,7-8,11-14H2,1-2H3. The lowest BCUT2D eigenvalue weighted by Crippen LogP contribution is -2.49. The number of ether oxygens (including phenoxy) is 1. The van der Waals surface area contributed by atoms with Crippen molar-refractivity contribution in [2.75, 3.05) is 38.2 Å². The van der Waals surface area contributed by atoms with Gasteiger partial charge in [0.15, 0.2) is 0 Å². The van der Waals surface area contributed by atoms with Crippen molar-refractivity contribution in [2.45, 2.75) is 49.2 Å². The third kappa shape index (κ3) is 4.00. The van der Waals surface area contributed by atoms with Crippen molar-refractivity contribution in [3.63, 3.8) is 0 Å². The second-order valence-corrected chi connectivity index (χ2v) is 8.06. The highest BCUT2D eigenvalue weighted by Gasteiger charge is 2.23. The first-order chi connectivity index (χ1) is 11.7. The molecule has 0 atom stereocenters. The maximum atomic E-state index is 11.6. The van der Waals surface area contributed by atoms with Crippen molar-refractivity contribution in [3.05, 3.63) is 23.8 Å². The third-order valence-electron chi connectivity index (χ3n) is 5.15. The third-order valence-corrected chi connectivity index (χ3v) is 6.66. The van der Waals surface area contributed by atoms with Gasteiger partial charge in [0, 0.05) is 42.0 Å². The molecule has 1 saturated carbocycles. The van der Waals surface area contributed by atoms with E-state index >= 15 is 0 Å². The fraction of sp³-hybridized carbons (Fsp3) is 0.632. The largest absolute Gasteiger partial charge is 0.453 e. The Bertz CT molecular complexity index is 564. The van der Waals surface area contributed by atoms with Gasteiger partial charge in [-0.1, -0.05) is 25.3 Å². The van der Waals surface area contributed by atoms with E-state index in [1.54, 1.807) is 4.90 Å². The van der Waals surface area contributed by atoms with E-state index in [1.807, 2.05) is 0 Å². The van der Waals surface area contributed by atoms with Gasteiger partial charge in [0.05, 0.1) is 7.11 Å². The van der Waals surface area contributed by atoms with Crippen LogP contribution >= 0.6 is 11.8 Å². The van der Waals surface area contributed by atoms with Crippen LogP contribution in [0.5, 0.6) is 0 Å². The van der Waals surface area contributed by atoms with Gasteiger partial charge in [-0.05, 0) is 37.5 Å². The van der Waals surface area contributed by atoms with Gasteiger partial charge in [0.1, 0.15) is 0 Å². The Morgan fingerprint density at radius 3 is 2.50 bits per heavy atom. The first kappa shape index (κ1) is 17.5. The quantitative estimate of drug-likeness (QED) is 0.815. The number of thioether (sulfide) groups is 1. The zero-order chi connectivity index (χ0) is 16.9. The number of carbonyl (C=O) groups is 1. The van der Waals surface area contributed by atoms with Crippen LogP contribution in [0.2, 0.25) is 0 Å². The minimum absolute atomic E-state index is 0.215. The topological polar surface area (TPSA) is 32.8 Å². The molecule has 132 valence electrons. The SMILES string of the molecule is COC(=O)N1CCN(c2cccc(SC3CCCCC3)c2C)CC1. The predicted octanol–water partition coefficient (Wildman–Crippen LogP) is 4.31. The Labute approximate surface area is 149 Å². The van der Waals surface area contributed by atoms with Gasteiger partial charge in [-0.3, -0.25) is 0 Å². The molecule has 3 rings (SSSR count). The molecule has 1 saturated heterocycles. The Kier molecular flexibility index (Phi) is 5.93. The van der Waals surface area contributed by atoms with Crippen molar-refractivity contribution in [2.24, 2.45) is 0 Å². The second kappa shape index (κ2) is 8.15. The summed E-state index contributed by atoms with van der Waals surface area (Å²) in [5.41, 5.74) is 2.71. The normalized spacial score (nSPS) is 19.4. The van der Waals surface area contributed by atoms with Crippen molar-refractivity contribution >= 4 is 23.5 Å². The molecule has 1 amide bonds. The maximum Gasteiger partial charge on any atom is 0.409 e. The molecular weight excluding hydrogens is 320 g/mol. The Balaban J connectivity index is 1.66. The molecule has 1 aliphatic heterocycles. The molecule has 0 spiro atoms. The van der Waals surface area contributed by atoms with E-state index in [2.05, 4.69) is 41.8 Å². The van der Waals surface area contributed by atoms with Crippen LogP contribution in [0.3, 0.4) is 0 Å². The Morgan fingerprint density at radius 1 is 1.12 bits per heavy atom. The molecule has 5 heteroatoms. The van der Waals surface area contributed by atoms with Crippen LogP contribution in [0.25, 0.3) is 0 Å². The summed E-state index contributed by atoms with van der Waals surface area (Å²) in [4.78, 5) is 17.2. The first-order valence-corrected chi connectivity index (χ1v) is 9.91. The van der Waals surface area contributed by atoms with Crippen LogP contribution in [-0.4, -0.2) is 49.5 Å². The van der Waals surface area contributed by atoms with Gasteiger partial charge in [0.25, 0.3) is 0 Å². The van der Waals surface area contributed by atoms with Gasteiger partial charge in [-0.15, -0.1) is 11.8 Å². The second-order valence-electron chi connectivity index (χ2n) is 6.72. The highest BCUT2D eigenvalue weighted by molar-refractivity contribution is 8.00. The van der Waals surface area contributed by atoms with Crippen molar-refractivity contribution in [1.29, 1.82) is 0 Å². The maximum absolute atomic E-state index is 11.6. The number of anilines is 1. The lowest BCUT2D eigenvalue weighted by atomic mass is 10.0. The number of benzene rings is 1. The van der Waals surface area contributed by atoms with Gasteiger partial charge in [-0.2, -0.15) is 0 Å². The molecule has 1 aromatic carbocycles. The summed E-state index contributed by atoms with van der Waals surface area (Å²) in [7, 11) is 1.45. The smallest absolute Gasteiger partial charge is 0.409 e. The Hall–Kier alpha value is -1.36. The number of carbonyl (C=O) groups excluding carboxylic acids is 1. The number of amides is 1. The van der Waals surface area contributed by atoms with E-state index in [0.29, 0.717) is 0 Å². The lowest BCUT2D eigenvalue weighted by Gasteiger charge is -2.36. The molecule has 1 heterocycles. The molecule has 1 aromatic rings. The van der Waals surface area contributed by atoms with E-state index in [1.165, 1.54) is 55.4 Å². The van der Waals surface area contributed by atoms with Crippen molar-refractivity contribution in [3.8, 4) is 0 Å². The molecule has 0 bridgehead atoms. The molecule has 0 aromatic heterocycles. The molecule has 0 radical (unpaired) electrons. The zero-order valence-corrected chi connectivity index (χ0v) is 15.6. The van der Waals surface area contributed by atoms with Crippen LogP contribution < -0.4 is 4.90 Å². The Morgan fingerprint density at radius 2 is 1.83 bits per heavy atom. The molecule has 2 fully saturated rings. The fourth-order valence-corrected chi connectivity index (χ4v) is 5.06. The highest BCUT2D eigenvalue weighted by atomic mass is 32.2. The number of methoxy groups -OCH3 is 1. The van der Waals surface area contributed by atoms with Crippen LogP contribution in [0, 0.1) is 6.92 Å². The van der Waals surface area contributed by atoms with Gasteiger partial charge < -0.3 is 14.5 Å². The van der Waals surface area contributed by atoms with Gasteiger partial charge in [-0.25, -0.2) is 4.79 Å². The van der Waals surface area contributed by atoms with Gasteiger partial charge >= 0.3 is 6.09 Å². The molecular formula is C19H28N2O2S. The first-order valence-electron chi connectivity index (χ1n) is 9.03. The van der Waals surface area contributed by atoms with E-state index in [0.717, 1.165) is 31.4 Å². The molecule has 4 nitrogen and oxygen atoms in total. The highest BCUT2D eigenvalue weighted by Crippen LogP contribution is 2.38. The molecule has 2 aliphatic rings. The van der Waals surface area contributed by atoms with E-state index < -0.39 is 0 Å². The lowest BCUT2D eigenvalue weighted by molar-refractivity contribution is 0.121. The number of rotatable bonds is 3. The summed E-state index contributed by atoms with van der Waals surface area (Å²) in [5.74, 6) is 0. The summed E-state index contributed by atoms with van der Waals surface area (Å²) in [6.45, 7) is 5.44. The van der Waals surface area contributed by atoms with Crippen LogP contribution in [0.15, 0.2) is 23.1 Å². The summed E-state index contributed by atoms with van der Waals surface area (Å²) in [6.07, 6.45) is 6.66. The van der Waals surface area contributed by atoms with Crippen molar-refractivity contribution in [1.82, 2.24) is 4.90 Å². The van der Waals surface area contributed by atoms with Crippen LogP contribution in [0.4, 0.5) is 10.5 Å². The summed E-state index contributed by atoms with van der Waals surface area (Å²) in [5, 5.41) is 0.781. The molecule has 1 aliphatic carbocycles. The van der Waals surface area contributed by atoms with Crippen molar-refractivity contribution < 1.29 is 9.53 Å². The summed E-state index contributed by atoms with van der Waals surface area (Å²) in [6, 6.07) is 6.66. The summed E-state index contributed by atoms with van der Waals surface area (Å²) < 4.78 is 4.82. The summed E-state index contributed by atoms with van der Waals surface area (Å²) >= 11 is 2.07. The minimum atomic E-state index is -0.215. The molecule has 0 N–H and O–H groups in total.